The first kappa shape index (κ1) is 21.5. The molecule has 0 radical (unpaired) electrons. The summed E-state index contributed by atoms with van der Waals surface area (Å²) < 4.78 is 10.2. The summed E-state index contributed by atoms with van der Waals surface area (Å²) >= 11 is 5.82. The fourth-order valence-electron chi connectivity index (χ4n) is 3.74. The highest BCUT2D eigenvalue weighted by Gasteiger charge is 2.21. The first-order valence-electron chi connectivity index (χ1n) is 10.8. The van der Waals surface area contributed by atoms with Crippen molar-refractivity contribution in [1.29, 1.82) is 0 Å². The Kier molecular flexibility index (Phi) is 6.93. The fourth-order valence-corrected chi connectivity index (χ4v) is 4.01. The monoisotopic (exact) mass is 439 g/mol. The van der Waals surface area contributed by atoms with Gasteiger partial charge >= 0.3 is 0 Å². The number of anilines is 1. The average molecular weight is 440 g/mol. The van der Waals surface area contributed by atoms with Gasteiger partial charge in [-0.05, 0) is 49.0 Å². The topological polar surface area (TPSA) is 64.2 Å². The Labute approximate surface area is 188 Å². The summed E-state index contributed by atoms with van der Waals surface area (Å²) in [6.45, 7) is 7.36. The predicted octanol–water partition coefficient (Wildman–Crippen LogP) is 3.46. The second kappa shape index (κ2) is 10.0. The van der Waals surface area contributed by atoms with Gasteiger partial charge in [-0.3, -0.25) is 9.47 Å². The SMILES string of the molecule is CCCCn1c(-c2ccc(OC)cc2)nn(CN2CCN(c3ncccn3)CC2)c1=S. The van der Waals surface area contributed by atoms with Crippen molar-refractivity contribution in [2.24, 2.45) is 0 Å². The van der Waals surface area contributed by atoms with Crippen molar-refractivity contribution in [2.75, 3.05) is 38.2 Å². The molecular weight excluding hydrogens is 410 g/mol. The Hall–Kier alpha value is -2.78. The van der Waals surface area contributed by atoms with E-state index in [-0.39, 0.29) is 0 Å². The lowest BCUT2D eigenvalue weighted by molar-refractivity contribution is 0.193. The van der Waals surface area contributed by atoms with Crippen molar-refractivity contribution in [3.63, 3.8) is 0 Å². The summed E-state index contributed by atoms with van der Waals surface area (Å²) in [4.78, 5) is 13.3. The van der Waals surface area contributed by atoms with Gasteiger partial charge in [-0.15, -0.1) is 0 Å². The van der Waals surface area contributed by atoms with Crippen LogP contribution in [0.4, 0.5) is 5.95 Å². The second-order valence-electron chi connectivity index (χ2n) is 7.63. The van der Waals surface area contributed by atoms with Gasteiger partial charge in [0.1, 0.15) is 5.75 Å². The molecule has 8 nitrogen and oxygen atoms in total. The van der Waals surface area contributed by atoms with Crippen LogP contribution in [0, 0.1) is 4.77 Å². The molecule has 0 N–H and O–H groups in total. The van der Waals surface area contributed by atoms with Crippen molar-refractivity contribution in [3.8, 4) is 17.1 Å². The van der Waals surface area contributed by atoms with Crippen LogP contribution < -0.4 is 9.64 Å². The number of hydrogen-bond donors (Lipinski definition) is 0. The zero-order valence-corrected chi connectivity index (χ0v) is 19.0. The number of aromatic nitrogens is 5. The number of piperazine rings is 1. The average Bonchev–Trinajstić information content (AvgIpc) is 3.13. The maximum atomic E-state index is 5.82. The molecule has 0 aliphatic carbocycles. The van der Waals surface area contributed by atoms with E-state index in [1.54, 1.807) is 19.5 Å². The second-order valence-corrected chi connectivity index (χ2v) is 8.00. The normalized spacial score (nSPS) is 14.7. The van der Waals surface area contributed by atoms with Crippen molar-refractivity contribution < 1.29 is 4.74 Å². The molecule has 4 rings (SSSR count). The van der Waals surface area contributed by atoms with Gasteiger partial charge in [-0.2, -0.15) is 5.10 Å². The lowest BCUT2D eigenvalue weighted by Crippen LogP contribution is -2.47. The molecule has 0 bridgehead atoms. The number of benzene rings is 1. The molecule has 9 heteroatoms. The number of methoxy groups -OCH3 is 1. The highest BCUT2D eigenvalue weighted by atomic mass is 32.1. The van der Waals surface area contributed by atoms with Gasteiger partial charge in [-0.25, -0.2) is 14.6 Å². The molecule has 2 aromatic heterocycles. The Morgan fingerprint density at radius 1 is 1.03 bits per heavy atom. The number of unbranched alkanes of at least 4 members (excludes halogenated alkanes) is 1. The third kappa shape index (κ3) is 4.94. The lowest BCUT2D eigenvalue weighted by atomic mass is 10.2. The third-order valence-electron chi connectivity index (χ3n) is 5.55. The Bertz CT molecular complexity index is 1020. The van der Waals surface area contributed by atoms with Crippen LogP contribution in [0.5, 0.6) is 5.75 Å². The third-order valence-corrected chi connectivity index (χ3v) is 5.98. The van der Waals surface area contributed by atoms with E-state index in [1.807, 2.05) is 35.0 Å². The molecular formula is C22H29N7OS. The molecule has 1 aliphatic rings. The van der Waals surface area contributed by atoms with Gasteiger partial charge < -0.3 is 9.64 Å². The first-order valence-corrected chi connectivity index (χ1v) is 11.2. The van der Waals surface area contributed by atoms with Gasteiger partial charge in [0.15, 0.2) is 10.6 Å². The zero-order chi connectivity index (χ0) is 21.6. The van der Waals surface area contributed by atoms with Crippen LogP contribution in [0.3, 0.4) is 0 Å². The standard InChI is InChI=1S/C22H29N7OS/c1-3-4-12-28-20(18-6-8-19(30-2)9-7-18)25-29(22(28)31)17-26-13-15-27(16-14-26)21-23-10-5-11-24-21/h5-11H,3-4,12-17H2,1-2H3. The maximum Gasteiger partial charge on any atom is 0.225 e. The molecule has 0 unspecified atom stereocenters. The van der Waals surface area contributed by atoms with Gasteiger partial charge in [0.25, 0.3) is 0 Å². The van der Waals surface area contributed by atoms with Crippen LogP contribution in [-0.4, -0.2) is 62.5 Å². The van der Waals surface area contributed by atoms with Crippen LogP contribution in [-0.2, 0) is 13.2 Å². The summed E-state index contributed by atoms with van der Waals surface area (Å²) in [5, 5.41) is 4.91. The molecule has 1 aromatic carbocycles. The van der Waals surface area contributed by atoms with E-state index in [2.05, 4.69) is 31.3 Å². The van der Waals surface area contributed by atoms with Crippen molar-refractivity contribution in [1.82, 2.24) is 29.2 Å². The highest BCUT2D eigenvalue weighted by Crippen LogP contribution is 2.22. The van der Waals surface area contributed by atoms with Gasteiger partial charge in [-0.1, -0.05) is 13.3 Å². The molecule has 1 saturated heterocycles. The molecule has 0 amide bonds. The minimum atomic E-state index is 0.685. The van der Waals surface area contributed by atoms with Crippen LogP contribution >= 0.6 is 12.2 Å². The zero-order valence-electron chi connectivity index (χ0n) is 18.1. The van der Waals surface area contributed by atoms with Crippen molar-refractivity contribution in [3.05, 3.63) is 47.5 Å². The number of hydrogen-bond acceptors (Lipinski definition) is 7. The molecule has 0 saturated carbocycles. The highest BCUT2D eigenvalue weighted by molar-refractivity contribution is 7.71. The summed E-state index contributed by atoms with van der Waals surface area (Å²) in [7, 11) is 1.68. The number of nitrogens with zero attached hydrogens (tertiary/aromatic N) is 7. The molecule has 1 aliphatic heterocycles. The molecule has 3 aromatic rings. The van der Waals surface area contributed by atoms with Crippen LogP contribution in [0.25, 0.3) is 11.4 Å². The predicted molar refractivity (Wildman–Crippen MR) is 124 cm³/mol. The first-order chi connectivity index (χ1) is 15.2. The van der Waals surface area contributed by atoms with Crippen LogP contribution in [0.1, 0.15) is 19.8 Å². The van der Waals surface area contributed by atoms with E-state index in [0.717, 1.165) is 73.4 Å². The fraction of sp³-hybridized carbons (Fsp3) is 0.455. The van der Waals surface area contributed by atoms with Gasteiger partial charge in [0.05, 0.1) is 13.8 Å². The minimum absolute atomic E-state index is 0.685. The van der Waals surface area contributed by atoms with E-state index < -0.39 is 0 Å². The molecule has 164 valence electrons. The summed E-state index contributed by atoms with van der Waals surface area (Å²) in [6.07, 6.45) is 5.76. The van der Waals surface area contributed by atoms with Crippen molar-refractivity contribution >= 4 is 18.2 Å². The van der Waals surface area contributed by atoms with Crippen LogP contribution in [0.2, 0.25) is 0 Å². The summed E-state index contributed by atoms with van der Waals surface area (Å²) in [5.74, 6) is 2.55. The van der Waals surface area contributed by atoms with E-state index >= 15 is 0 Å². The van der Waals surface area contributed by atoms with E-state index in [1.165, 1.54) is 0 Å². The lowest BCUT2D eigenvalue weighted by Gasteiger charge is -2.34. The van der Waals surface area contributed by atoms with Crippen molar-refractivity contribution in [2.45, 2.75) is 33.0 Å². The molecule has 31 heavy (non-hydrogen) atoms. The molecule has 0 atom stereocenters. The maximum absolute atomic E-state index is 5.82. The number of rotatable bonds is 8. The quantitative estimate of drug-likeness (QED) is 0.498. The Morgan fingerprint density at radius 3 is 2.39 bits per heavy atom. The smallest absolute Gasteiger partial charge is 0.225 e. The summed E-state index contributed by atoms with van der Waals surface area (Å²) in [6, 6.07) is 9.86. The van der Waals surface area contributed by atoms with E-state index in [4.69, 9.17) is 22.1 Å². The Balaban J connectivity index is 1.50. The largest absolute Gasteiger partial charge is 0.497 e. The molecule has 1 fully saturated rings. The molecule has 3 heterocycles. The Morgan fingerprint density at radius 2 is 1.74 bits per heavy atom. The minimum Gasteiger partial charge on any atom is -0.497 e. The van der Waals surface area contributed by atoms with Gasteiger partial charge in [0, 0.05) is 50.7 Å². The van der Waals surface area contributed by atoms with Gasteiger partial charge in [0.2, 0.25) is 5.95 Å². The van der Waals surface area contributed by atoms with Crippen LogP contribution in [0.15, 0.2) is 42.7 Å². The van der Waals surface area contributed by atoms with E-state index in [0.29, 0.717) is 6.67 Å². The molecule has 0 spiro atoms. The van der Waals surface area contributed by atoms with E-state index in [9.17, 15) is 0 Å². The number of ether oxygens (including phenoxy) is 1. The summed E-state index contributed by atoms with van der Waals surface area (Å²) in [5.41, 5.74) is 1.05.